The predicted molar refractivity (Wildman–Crippen MR) is 78.2 cm³/mol. The van der Waals surface area contributed by atoms with Crippen LogP contribution in [0.4, 0.5) is 22.7 Å². The maximum Gasteiger partial charge on any atom is 0.336 e. The summed E-state index contributed by atoms with van der Waals surface area (Å²) in [6, 6.07) is 0.720. The van der Waals surface area contributed by atoms with E-state index in [0.717, 1.165) is 20.2 Å². The van der Waals surface area contributed by atoms with Crippen molar-refractivity contribution < 1.29 is 19.9 Å². The van der Waals surface area contributed by atoms with Crippen molar-refractivity contribution in [2.24, 2.45) is 0 Å². The Morgan fingerprint density at radius 2 is 1.30 bits per heavy atom. The van der Waals surface area contributed by atoms with Gasteiger partial charge >= 0.3 is 11.4 Å². The number of hydrogen-bond acceptors (Lipinski definition) is 8. The van der Waals surface area contributed by atoms with Crippen LogP contribution in [-0.2, 0) is 0 Å². The first-order valence-electron chi connectivity index (χ1n) is 5.42. The Bertz CT molecular complexity index is 723. The van der Waals surface area contributed by atoms with E-state index in [1.54, 1.807) is 0 Å². The Hall–Kier alpha value is -3.10. The molecule has 0 amide bonds. The lowest BCUT2D eigenvalue weighted by atomic mass is 10.2. The Morgan fingerprint density at radius 3 is 1.65 bits per heavy atom. The lowest BCUT2D eigenvalue weighted by Crippen LogP contribution is -2.29. The molecule has 1 aromatic rings. The highest BCUT2D eigenvalue weighted by molar-refractivity contribution is 9.10. The van der Waals surface area contributed by atoms with Crippen LogP contribution in [0, 0.1) is 40.5 Å². The second-order valence-electron chi connectivity index (χ2n) is 3.96. The minimum absolute atomic E-state index is 0.0555. The summed E-state index contributed by atoms with van der Waals surface area (Å²) in [4.78, 5) is 41.9. The number of halogens is 1. The third-order valence-corrected chi connectivity index (χ3v) is 3.30. The molecule has 0 aliphatic heterocycles. The van der Waals surface area contributed by atoms with Gasteiger partial charge < -0.3 is 0 Å². The average Bonchev–Trinajstić information content (AvgIpc) is 2.43. The number of anilines is 2. The summed E-state index contributed by atoms with van der Waals surface area (Å²) >= 11 is 2.78. The Morgan fingerprint density at radius 1 is 0.870 bits per heavy atom. The fraction of sp³-hybridized carbons (Fsp3) is 0.250. The lowest BCUT2D eigenvalue weighted by Gasteiger charge is -2.15. The largest absolute Gasteiger partial charge is 0.336 e. The molecule has 0 spiro atoms. The van der Waals surface area contributed by atoms with Crippen molar-refractivity contribution in [3.63, 3.8) is 0 Å². The first-order valence-corrected chi connectivity index (χ1v) is 6.21. The van der Waals surface area contributed by atoms with Crippen LogP contribution in [0.2, 0.25) is 0 Å². The smallest absolute Gasteiger partial charge is 0.258 e. The van der Waals surface area contributed by atoms with Gasteiger partial charge in [0.25, 0.3) is 5.69 Å². The summed E-state index contributed by atoms with van der Waals surface area (Å²) in [5.41, 5.74) is -3.76. The molecule has 0 heterocycles. The van der Waals surface area contributed by atoms with Gasteiger partial charge in [-0.3, -0.25) is 20.2 Å². The van der Waals surface area contributed by atoms with Gasteiger partial charge in [0, 0.05) is 6.07 Å². The lowest BCUT2D eigenvalue weighted by molar-refractivity contribution is -0.495. The van der Waals surface area contributed by atoms with Crippen LogP contribution in [0.25, 0.3) is 0 Å². The van der Waals surface area contributed by atoms with E-state index in [1.165, 1.54) is 0 Å². The number of benzene rings is 1. The zero-order valence-corrected chi connectivity index (χ0v) is 13.0. The molecule has 23 heavy (non-hydrogen) atoms. The summed E-state index contributed by atoms with van der Waals surface area (Å²) in [5, 5.41) is 42.2. The molecule has 15 heteroatoms. The maximum absolute atomic E-state index is 11.3. The summed E-state index contributed by atoms with van der Waals surface area (Å²) < 4.78 is -0.337. The number of hydrogen-bond donors (Lipinski definition) is 0. The van der Waals surface area contributed by atoms with Crippen LogP contribution < -0.4 is 10.0 Å². The Kier molecular flexibility index (Phi) is 4.95. The van der Waals surface area contributed by atoms with Crippen molar-refractivity contribution in [1.82, 2.24) is 0 Å². The molecule has 1 aromatic carbocycles. The molecule has 0 aliphatic carbocycles. The van der Waals surface area contributed by atoms with Crippen LogP contribution in [0.15, 0.2) is 10.5 Å². The molecule has 0 saturated heterocycles. The molecule has 0 unspecified atom stereocenters. The minimum Gasteiger partial charge on any atom is -0.258 e. The van der Waals surface area contributed by atoms with E-state index in [9.17, 15) is 40.5 Å². The van der Waals surface area contributed by atoms with Crippen molar-refractivity contribution in [3.05, 3.63) is 51.0 Å². The van der Waals surface area contributed by atoms with Gasteiger partial charge in [-0.25, -0.2) is 20.2 Å². The second kappa shape index (κ2) is 6.34. The van der Waals surface area contributed by atoms with Gasteiger partial charge in [0.05, 0.1) is 28.4 Å². The molecule has 0 atom stereocenters. The van der Waals surface area contributed by atoms with Crippen molar-refractivity contribution in [2.75, 3.05) is 24.1 Å². The van der Waals surface area contributed by atoms with Gasteiger partial charge in [-0.15, -0.1) is 0 Å². The Balaban J connectivity index is 3.99. The molecular weight excluding hydrogens is 388 g/mol. The molecule has 0 bridgehead atoms. The topological polar surface area (TPSA) is 179 Å². The van der Waals surface area contributed by atoms with Crippen LogP contribution >= 0.6 is 15.9 Å². The summed E-state index contributed by atoms with van der Waals surface area (Å²) in [6.07, 6.45) is 0. The number of hydrazine groups is 2. The summed E-state index contributed by atoms with van der Waals surface area (Å²) in [6.45, 7) is 0. The second-order valence-corrected chi connectivity index (χ2v) is 4.81. The van der Waals surface area contributed by atoms with Crippen LogP contribution in [0.1, 0.15) is 0 Å². The monoisotopic (exact) mass is 394 g/mol. The van der Waals surface area contributed by atoms with E-state index in [-0.39, 0.29) is 14.5 Å². The first kappa shape index (κ1) is 18.0. The van der Waals surface area contributed by atoms with Crippen molar-refractivity contribution in [3.8, 4) is 0 Å². The third-order valence-electron chi connectivity index (χ3n) is 2.70. The first-order chi connectivity index (χ1) is 10.5. The third kappa shape index (κ3) is 3.23. The van der Waals surface area contributed by atoms with E-state index in [1.807, 2.05) is 0 Å². The quantitative estimate of drug-likeness (QED) is 0.506. The number of nitro benzene ring substituents is 2. The van der Waals surface area contributed by atoms with Gasteiger partial charge in [-0.1, -0.05) is 10.0 Å². The highest BCUT2D eigenvalue weighted by Crippen LogP contribution is 2.47. The van der Waals surface area contributed by atoms with Crippen LogP contribution in [0.3, 0.4) is 0 Å². The van der Waals surface area contributed by atoms with E-state index in [0.29, 0.717) is 0 Å². The molecule has 1 rings (SSSR count). The summed E-state index contributed by atoms with van der Waals surface area (Å²) in [5.74, 6) is 0. The van der Waals surface area contributed by atoms with E-state index in [4.69, 9.17) is 0 Å². The minimum atomic E-state index is -1.16. The van der Waals surface area contributed by atoms with Crippen molar-refractivity contribution in [1.29, 1.82) is 0 Å². The normalized spacial score (nSPS) is 10.0. The van der Waals surface area contributed by atoms with Crippen LogP contribution in [0.5, 0.6) is 0 Å². The number of rotatable bonds is 6. The zero-order chi connectivity index (χ0) is 18.1. The van der Waals surface area contributed by atoms with E-state index in [2.05, 4.69) is 15.9 Å². The highest BCUT2D eigenvalue weighted by Gasteiger charge is 2.41. The molecule has 124 valence electrons. The molecule has 0 aliphatic rings. The molecule has 0 N–H and O–H groups in total. The summed E-state index contributed by atoms with van der Waals surface area (Å²) in [7, 11) is 1.61. The fourth-order valence-corrected chi connectivity index (χ4v) is 2.37. The van der Waals surface area contributed by atoms with Gasteiger partial charge in [-0.2, -0.15) is 0 Å². The highest BCUT2D eigenvalue weighted by atomic mass is 79.9. The van der Waals surface area contributed by atoms with Gasteiger partial charge in [0.1, 0.15) is 0 Å². The average molecular weight is 395 g/mol. The zero-order valence-electron chi connectivity index (χ0n) is 11.4. The number of nitro groups is 4. The van der Waals surface area contributed by atoms with E-state index < -0.39 is 42.7 Å². The molecular formula is C8H7BrN6O8. The molecule has 14 nitrogen and oxygen atoms in total. The fourth-order valence-electron chi connectivity index (χ4n) is 1.71. The standard InChI is InChI=1S/C8H7BrN6O8/c1-10(14(20)21)6-4(9)3-5(12(16)17)7(8(6)13(18)19)11(2)15(22)23/h3H,1-2H3. The maximum atomic E-state index is 11.3. The van der Waals surface area contributed by atoms with Crippen LogP contribution in [-0.4, -0.2) is 34.0 Å². The van der Waals surface area contributed by atoms with Gasteiger partial charge in [-0.05, 0) is 15.9 Å². The molecule has 0 fully saturated rings. The number of nitrogens with zero attached hydrogens (tertiary/aromatic N) is 6. The molecule has 0 radical (unpaired) electrons. The van der Waals surface area contributed by atoms with Crippen molar-refractivity contribution in [2.45, 2.75) is 0 Å². The predicted octanol–water partition coefficient (Wildman–Crippen LogP) is 1.52. The molecule has 0 saturated carbocycles. The van der Waals surface area contributed by atoms with Gasteiger partial charge in [0.2, 0.25) is 0 Å². The molecule has 0 aromatic heterocycles. The van der Waals surface area contributed by atoms with E-state index >= 15 is 0 Å². The SMILES string of the molecule is CN(c1c(Br)cc([N+](=O)[O-])c(N(C)[N+](=O)[O-])c1[N+](=O)[O-])[N+](=O)[O-]. The van der Waals surface area contributed by atoms with Crippen molar-refractivity contribution >= 4 is 38.7 Å². The Labute approximate surface area is 134 Å². The van der Waals surface area contributed by atoms with Gasteiger partial charge in [0.15, 0.2) is 15.8 Å².